The van der Waals surface area contributed by atoms with Crippen molar-refractivity contribution in [2.45, 2.75) is 24.2 Å². The van der Waals surface area contributed by atoms with E-state index >= 15 is 0 Å². The molecule has 1 amide bonds. The van der Waals surface area contributed by atoms with E-state index in [0.717, 1.165) is 32.4 Å². The van der Waals surface area contributed by atoms with Crippen LogP contribution in [0.2, 0.25) is 0 Å². The minimum atomic E-state index is -3.53. The average Bonchev–Trinajstić information content (AvgIpc) is 2.48. The van der Waals surface area contributed by atoms with Gasteiger partial charge in [0.1, 0.15) is 0 Å². The molecule has 22 heavy (non-hydrogen) atoms. The van der Waals surface area contributed by atoms with Gasteiger partial charge in [0.05, 0.1) is 4.90 Å². The van der Waals surface area contributed by atoms with E-state index in [4.69, 9.17) is 5.73 Å². The molecule has 1 unspecified atom stereocenters. The molecule has 8 heteroatoms. The lowest BCUT2D eigenvalue weighted by Crippen LogP contribution is -2.33. The highest BCUT2D eigenvalue weighted by Gasteiger charge is 2.17. The number of carbonyl (C=O) groups excluding carboxylic acids is 1. The molecule has 1 fully saturated rings. The van der Waals surface area contributed by atoms with Crippen molar-refractivity contribution in [1.29, 1.82) is 0 Å². The maximum absolute atomic E-state index is 12.1. The van der Waals surface area contributed by atoms with Gasteiger partial charge in [-0.3, -0.25) is 4.79 Å². The molecule has 0 saturated carbocycles. The van der Waals surface area contributed by atoms with Gasteiger partial charge >= 0.3 is 0 Å². The Kier molecular flexibility index (Phi) is 7.28. The van der Waals surface area contributed by atoms with Crippen LogP contribution in [0.3, 0.4) is 0 Å². The predicted molar refractivity (Wildman–Crippen MR) is 87.6 cm³/mol. The van der Waals surface area contributed by atoms with Crippen LogP contribution in [0.1, 0.15) is 29.6 Å². The van der Waals surface area contributed by atoms with Crippen LogP contribution in [0, 0.1) is 5.92 Å². The average molecular weight is 348 g/mol. The van der Waals surface area contributed by atoms with Gasteiger partial charge in [-0.2, -0.15) is 0 Å². The summed E-state index contributed by atoms with van der Waals surface area (Å²) in [6, 6.07) is 5.62. The fourth-order valence-electron chi connectivity index (χ4n) is 2.45. The number of sulfonamides is 1. The summed E-state index contributed by atoms with van der Waals surface area (Å²) in [6.07, 6.45) is 3.11. The lowest BCUT2D eigenvalue weighted by Gasteiger charge is -2.22. The predicted octanol–water partition coefficient (Wildman–Crippen LogP) is 0.875. The highest BCUT2D eigenvalue weighted by Crippen LogP contribution is 2.14. The summed E-state index contributed by atoms with van der Waals surface area (Å²) >= 11 is 0. The van der Waals surface area contributed by atoms with Gasteiger partial charge in [-0.05, 0) is 62.5 Å². The van der Waals surface area contributed by atoms with Crippen molar-refractivity contribution in [3.63, 3.8) is 0 Å². The van der Waals surface area contributed by atoms with Crippen LogP contribution in [0.4, 0.5) is 0 Å². The van der Waals surface area contributed by atoms with E-state index in [1.54, 1.807) is 0 Å². The van der Waals surface area contributed by atoms with E-state index < -0.39 is 15.9 Å². The Bertz CT molecular complexity index is 584. The Hall–Kier alpha value is -1.15. The molecule has 1 aromatic rings. The second kappa shape index (κ2) is 8.47. The first-order valence-corrected chi connectivity index (χ1v) is 8.57. The summed E-state index contributed by atoms with van der Waals surface area (Å²) < 4.78 is 26.8. The van der Waals surface area contributed by atoms with Crippen molar-refractivity contribution in [2.24, 2.45) is 11.7 Å². The molecule has 1 heterocycles. The maximum Gasteiger partial charge on any atom is 0.248 e. The number of piperidine rings is 1. The number of nitrogens with one attached hydrogen (secondary N) is 2. The standard InChI is InChI=1S/C14H21N3O3S.ClH/c15-14(18)12-3-5-13(6-4-12)21(19,20)17-9-7-11-2-1-8-16-10-11;/h3-6,11,16-17H,1-2,7-10H2,(H2,15,18);1H. The van der Waals surface area contributed by atoms with E-state index in [9.17, 15) is 13.2 Å². The van der Waals surface area contributed by atoms with Gasteiger partial charge in [0.15, 0.2) is 0 Å². The highest BCUT2D eigenvalue weighted by atomic mass is 35.5. The smallest absolute Gasteiger partial charge is 0.248 e. The lowest BCUT2D eigenvalue weighted by atomic mass is 9.96. The first-order chi connectivity index (χ1) is 9.99. The maximum atomic E-state index is 12.1. The number of carbonyl (C=O) groups is 1. The van der Waals surface area contributed by atoms with Crippen molar-refractivity contribution in [3.8, 4) is 0 Å². The molecule has 1 aromatic carbocycles. The normalized spacial score (nSPS) is 18.5. The zero-order valence-electron chi connectivity index (χ0n) is 12.2. The summed E-state index contributed by atoms with van der Waals surface area (Å²) in [4.78, 5) is 11.1. The first-order valence-electron chi connectivity index (χ1n) is 7.09. The zero-order chi connectivity index (χ0) is 15.3. The van der Waals surface area contributed by atoms with Crippen LogP contribution in [-0.2, 0) is 10.0 Å². The van der Waals surface area contributed by atoms with Gasteiger partial charge in [-0.25, -0.2) is 13.1 Å². The third-order valence-corrected chi connectivity index (χ3v) is 5.17. The van der Waals surface area contributed by atoms with Crippen molar-refractivity contribution >= 4 is 28.3 Å². The Labute approximate surface area is 137 Å². The molecule has 0 aliphatic carbocycles. The van der Waals surface area contributed by atoms with Crippen molar-refractivity contribution in [1.82, 2.24) is 10.0 Å². The largest absolute Gasteiger partial charge is 0.366 e. The second-order valence-electron chi connectivity index (χ2n) is 5.29. The first kappa shape index (κ1) is 18.9. The number of halogens is 1. The van der Waals surface area contributed by atoms with Crippen LogP contribution in [0.5, 0.6) is 0 Å². The number of hydrogen-bond donors (Lipinski definition) is 3. The highest BCUT2D eigenvalue weighted by molar-refractivity contribution is 7.89. The summed E-state index contributed by atoms with van der Waals surface area (Å²) in [5, 5.41) is 3.31. The number of nitrogens with two attached hydrogens (primary N) is 1. The molecule has 1 aliphatic rings. The molecule has 0 radical (unpaired) electrons. The van der Waals surface area contributed by atoms with Crippen LogP contribution in [0.15, 0.2) is 29.2 Å². The summed E-state index contributed by atoms with van der Waals surface area (Å²) in [7, 11) is -3.53. The van der Waals surface area contributed by atoms with Gasteiger partial charge in [-0.15, -0.1) is 12.4 Å². The SMILES string of the molecule is Cl.NC(=O)c1ccc(S(=O)(=O)NCCC2CCCNC2)cc1. The fraction of sp³-hybridized carbons (Fsp3) is 0.500. The summed E-state index contributed by atoms with van der Waals surface area (Å²) in [5.74, 6) is -0.0459. The molecular formula is C14H22ClN3O3S. The third-order valence-electron chi connectivity index (χ3n) is 3.69. The number of hydrogen-bond acceptors (Lipinski definition) is 4. The quantitative estimate of drug-likeness (QED) is 0.710. The van der Waals surface area contributed by atoms with Crippen molar-refractivity contribution in [2.75, 3.05) is 19.6 Å². The number of primary amides is 1. The van der Waals surface area contributed by atoms with Crippen LogP contribution < -0.4 is 15.8 Å². The molecule has 4 N–H and O–H groups in total. The molecule has 6 nitrogen and oxygen atoms in total. The molecule has 0 bridgehead atoms. The van der Waals surface area contributed by atoms with E-state index in [0.29, 0.717) is 18.0 Å². The Balaban J connectivity index is 0.00000242. The number of benzene rings is 1. The minimum absolute atomic E-state index is 0. The fourth-order valence-corrected chi connectivity index (χ4v) is 3.50. The molecular weight excluding hydrogens is 326 g/mol. The molecule has 0 spiro atoms. The van der Waals surface area contributed by atoms with Crippen molar-refractivity contribution in [3.05, 3.63) is 29.8 Å². The molecule has 1 saturated heterocycles. The molecule has 1 atom stereocenters. The van der Waals surface area contributed by atoms with E-state index in [1.165, 1.54) is 24.3 Å². The van der Waals surface area contributed by atoms with Gasteiger partial charge in [0.2, 0.25) is 15.9 Å². The lowest BCUT2D eigenvalue weighted by molar-refractivity contribution is 0.1000. The number of amides is 1. The van der Waals surface area contributed by atoms with E-state index in [1.807, 2.05) is 0 Å². The summed E-state index contributed by atoms with van der Waals surface area (Å²) in [5.41, 5.74) is 5.42. The Morgan fingerprint density at radius 1 is 1.32 bits per heavy atom. The third kappa shape index (κ3) is 5.24. The molecule has 0 aromatic heterocycles. The Morgan fingerprint density at radius 3 is 2.55 bits per heavy atom. The van der Waals surface area contributed by atoms with Crippen LogP contribution in [0.25, 0.3) is 0 Å². The van der Waals surface area contributed by atoms with Gasteiger partial charge in [-0.1, -0.05) is 0 Å². The molecule has 1 aliphatic heterocycles. The monoisotopic (exact) mass is 347 g/mol. The van der Waals surface area contributed by atoms with Crippen LogP contribution >= 0.6 is 12.4 Å². The van der Waals surface area contributed by atoms with Crippen molar-refractivity contribution < 1.29 is 13.2 Å². The van der Waals surface area contributed by atoms with Gasteiger partial charge < -0.3 is 11.1 Å². The van der Waals surface area contributed by atoms with Gasteiger partial charge in [0, 0.05) is 12.1 Å². The summed E-state index contributed by atoms with van der Waals surface area (Å²) in [6.45, 7) is 2.43. The van der Waals surface area contributed by atoms with Gasteiger partial charge in [0.25, 0.3) is 0 Å². The minimum Gasteiger partial charge on any atom is -0.366 e. The number of rotatable bonds is 6. The topological polar surface area (TPSA) is 101 Å². The molecule has 124 valence electrons. The zero-order valence-corrected chi connectivity index (χ0v) is 13.9. The second-order valence-corrected chi connectivity index (χ2v) is 7.05. The van der Waals surface area contributed by atoms with Crippen LogP contribution in [-0.4, -0.2) is 34.0 Å². The Morgan fingerprint density at radius 2 is 2.00 bits per heavy atom. The van der Waals surface area contributed by atoms with E-state index in [2.05, 4.69) is 10.0 Å². The van der Waals surface area contributed by atoms with E-state index in [-0.39, 0.29) is 17.3 Å². The molecule has 2 rings (SSSR count).